The molecule has 2 aliphatic rings. The van der Waals surface area contributed by atoms with E-state index in [0.717, 1.165) is 29.4 Å². The van der Waals surface area contributed by atoms with Crippen LogP contribution in [0.25, 0.3) is 0 Å². The molecule has 39 heavy (non-hydrogen) atoms. The Kier molecular flexibility index (Phi) is 7.60. The van der Waals surface area contributed by atoms with Crippen molar-refractivity contribution in [3.8, 4) is 0 Å². The van der Waals surface area contributed by atoms with Crippen molar-refractivity contribution in [2.24, 2.45) is 0 Å². The molecular formula is C29H30N6O2S2. The average molecular weight is 559 g/mol. The van der Waals surface area contributed by atoms with Crippen molar-refractivity contribution < 1.29 is 4.74 Å². The standard InChI is InChI=1S/C29H30N6O2S2/c1-18(29-32-10-8-20(34-29)16-30-2)33-19-6-7-24-26(14-19)38-25-5-3-4-22(28(25)39-24)23-17-35(12-13-37-23)21-9-11-31-27(36)15-21/h3-11,14-15,18,23,30,33H,12-13,16-17H2,1-2H3,(H,31,36). The van der Waals surface area contributed by atoms with Gasteiger partial charge in [0.15, 0.2) is 0 Å². The van der Waals surface area contributed by atoms with E-state index in [0.29, 0.717) is 19.7 Å². The number of nitrogens with one attached hydrogen (secondary N) is 3. The number of aromatic nitrogens is 3. The van der Waals surface area contributed by atoms with Crippen LogP contribution in [0.2, 0.25) is 0 Å². The molecule has 8 nitrogen and oxygen atoms in total. The number of anilines is 2. The second-order valence-electron chi connectivity index (χ2n) is 9.56. The fourth-order valence-corrected chi connectivity index (χ4v) is 7.33. The maximum absolute atomic E-state index is 11.9. The van der Waals surface area contributed by atoms with Gasteiger partial charge in [-0.25, -0.2) is 9.97 Å². The molecule has 200 valence electrons. The molecule has 6 rings (SSSR count). The number of hydrogen-bond acceptors (Lipinski definition) is 9. The topological polar surface area (TPSA) is 95.2 Å². The van der Waals surface area contributed by atoms with Crippen LogP contribution in [0.15, 0.2) is 91.4 Å². The number of aromatic amines is 1. The van der Waals surface area contributed by atoms with Gasteiger partial charge in [-0.3, -0.25) is 4.79 Å². The van der Waals surface area contributed by atoms with E-state index in [1.165, 1.54) is 25.1 Å². The minimum absolute atomic E-state index is 0.0217. The highest BCUT2D eigenvalue weighted by atomic mass is 32.2. The second kappa shape index (κ2) is 11.4. The molecule has 2 unspecified atom stereocenters. The third kappa shape index (κ3) is 5.69. The lowest BCUT2D eigenvalue weighted by molar-refractivity contribution is 0.0379. The molecule has 0 spiro atoms. The van der Waals surface area contributed by atoms with Crippen molar-refractivity contribution >= 4 is 34.9 Å². The van der Waals surface area contributed by atoms with Crippen molar-refractivity contribution in [2.75, 3.05) is 37.0 Å². The molecule has 0 radical (unpaired) electrons. The highest BCUT2D eigenvalue weighted by Gasteiger charge is 2.28. The summed E-state index contributed by atoms with van der Waals surface area (Å²) in [5, 5.41) is 6.71. The largest absolute Gasteiger partial charge is 0.375 e. The minimum atomic E-state index is -0.0886. The fourth-order valence-electron chi connectivity index (χ4n) is 4.88. The summed E-state index contributed by atoms with van der Waals surface area (Å²) in [6.45, 7) is 4.88. The smallest absolute Gasteiger partial charge is 0.249 e. The third-order valence-electron chi connectivity index (χ3n) is 6.78. The molecular weight excluding hydrogens is 528 g/mol. The van der Waals surface area contributed by atoms with Gasteiger partial charge < -0.3 is 25.3 Å². The summed E-state index contributed by atoms with van der Waals surface area (Å²) >= 11 is 3.59. The fraction of sp³-hybridized carbons (Fsp3) is 0.276. The van der Waals surface area contributed by atoms with Crippen molar-refractivity contribution in [1.82, 2.24) is 20.3 Å². The van der Waals surface area contributed by atoms with Gasteiger partial charge in [0, 0.05) is 69.1 Å². The van der Waals surface area contributed by atoms with Crippen LogP contribution in [0, 0.1) is 0 Å². The molecule has 0 amide bonds. The van der Waals surface area contributed by atoms with E-state index in [2.05, 4.69) is 73.8 Å². The number of rotatable bonds is 7. The number of H-pyrrole nitrogens is 1. The van der Waals surface area contributed by atoms with E-state index in [1.807, 2.05) is 25.4 Å². The summed E-state index contributed by atoms with van der Waals surface area (Å²) in [7, 11) is 1.91. The molecule has 2 atom stereocenters. The molecule has 2 aromatic carbocycles. The van der Waals surface area contributed by atoms with Gasteiger partial charge in [0.2, 0.25) is 5.56 Å². The van der Waals surface area contributed by atoms with Gasteiger partial charge in [0.05, 0.1) is 18.3 Å². The lowest BCUT2D eigenvalue weighted by Crippen LogP contribution is -2.39. The van der Waals surface area contributed by atoms with Crippen LogP contribution in [0.5, 0.6) is 0 Å². The van der Waals surface area contributed by atoms with E-state index in [-0.39, 0.29) is 17.7 Å². The maximum atomic E-state index is 11.9. The summed E-state index contributed by atoms with van der Waals surface area (Å²) < 4.78 is 6.25. The molecule has 10 heteroatoms. The molecule has 3 N–H and O–H groups in total. The predicted octanol–water partition coefficient (Wildman–Crippen LogP) is 5.25. The average Bonchev–Trinajstić information content (AvgIpc) is 2.96. The molecule has 1 fully saturated rings. The number of fused-ring (bicyclic) bond motifs is 2. The monoisotopic (exact) mass is 558 g/mol. The van der Waals surface area contributed by atoms with E-state index < -0.39 is 0 Å². The van der Waals surface area contributed by atoms with Crippen LogP contribution in [0.4, 0.5) is 11.4 Å². The Labute approximate surface area is 236 Å². The summed E-state index contributed by atoms with van der Waals surface area (Å²) in [6.07, 6.45) is 3.45. The van der Waals surface area contributed by atoms with Crippen LogP contribution >= 0.6 is 23.5 Å². The van der Waals surface area contributed by atoms with Crippen LogP contribution in [-0.4, -0.2) is 41.7 Å². The SMILES string of the molecule is CNCc1ccnc(C(C)Nc2ccc3c(c2)Sc2cccc(C4CN(c5cc[nH]c(=O)c5)CCO4)c2S3)n1. The lowest BCUT2D eigenvalue weighted by atomic mass is 10.1. The molecule has 0 aliphatic carbocycles. The van der Waals surface area contributed by atoms with Gasteiger partial charge in [0.25, 0.3) is 0 Å². The summed E-state index contributed by atoms with van der Waals surface area (Å²) in [4.78, 5) is 30.9. The number of morpholine rings is 1. The van der Waals surface area contributed by atoms with Crippen molar-refractivity contribution in [3.63, 3.8) is 0 Å². The third-order valence-corrected chi connectivity index (χ3v) is 9.39. The molecule has 4 heterocycles. The Morgan fingerprint density at radius 2 is 2.05 bits per heavy atom. The number of ether oxygens (including phenoxy) is 1. The highest BCUT2D eigenvalue weighted by molar-refractivity contribution is 8.05. The molecule has 0 saturated carbocycles. The van der Waals surface area contributed by atoms with Crippen molar-refractivity contribution in [3.05, 3.63) is 94.4 Å². The first-order valence-electron chi connectivity index (χ1n) is 13.0. The first-order valence-corrected chi connectivity index (χ1v) is 14.6. The first kappa shape index (κ1) is 25.9. The Morgan fingerprint density at radius 3 is 2.92 bits per heavy atom. The predicted molar refractivity (Wildman–Crippen MR) is 156 cm³/mol. The van der Waals surface area contributed by atoms with Crippen LogP contribution in [-0.2, 0) is 11.3 Å². The Morgan fingerprint density at radius 1 is 1.13 bits per heavy atom. The van der Waals surface area contributed by atoms with Crippen molar-refractivity contribution in [2.45, 2.75) is 45.2 Å². The summed E-state index contributed by atoms with van der Waals surface area (Å²) in [5.74, 6) is 0.777. The second-order valence-corrected chi connectivity index (χ2v) is 11.7. The van der Waals surface area contributed by atoms with Gasteiger partial charge in [-0.2, -0.15) is 0 Å². The Balaban J connectivity index is 1.19. The van der Waals surface area contributed by atoms with Crippen molar-refractivity contribution in [1.29, 1.82) is 0 Å². The van der Waals surface area contributed by atoms with Gasteiger partial charge >= 0.3 is 0 Å². The number of nitrogens with zero attached hydrogens (tertiary/aromatic N) is 3. The summed E-state index contributed by atoms with van der Waals surface area (Å²) in [6, 6.07) is 18.5. The molecule has 1 saturated heterocycles. The van der Waals surface area contributed by atoms with E-state index >= 15 is 0 Å². The maximum Gasteiger partial charge on any atom is 0.249 e. The number of hydrogen-bond donors (Lipinski definition) is 3. The zero-order valence-electron chi connectivity index (χ0n) is 21.8. The van der Waals surface area contributed by atoms with Gasteiger partial charge in [-0.1, -0.05) is 35.7 Å². The molecule has 4 aromatic rings. The normalized spacial score (nSPS) is 17.3. The number of pyridine rings is 1. The van der Waals surface area contributed by atoms with E-state index in [1.54, 1.807) is 35.8 Å². The van der Waals surface area contributed by atoms with Gasteiger partial charge in [-0.15, -0.1) is 0 Å². The van der Waals surface area contributed by atoms with E-state index in [4.69, 9.17) is 4.74 Å². The Bertz CT molecular complexity index is 1540. The quantitative estimate of drug-likeness (QED) is 0.248. The van der Waals surface area contributed by atoms with Gasteiger partial charge in [0.1, 0.15) is 11.9 Å². The molecule has 2 aromatic heterocycles. The first-order chi connectivity index (χ1) is 19.1. The summed E-state index contributed by atoms with van der Waals surface area (Å²) in [5.41, 5.74) is 4.05. The zero-order chi connectivity index (χ0) is 26.8. The van der Waals surface area contributed by atoms with Gasteiger partial charge in [-0.05, 0) is 55.9 Å². The van der Waals surface area contributed by atoms with Crippen LogP contribution < -0.4 is 21.1 Å². The highest BCUT2D eigenvalue weighted by Crippen LogP contribution is 2.52. The molecule has 0 bridgehead atoms. The molecule has 2 aliphatic heterocycles. The van der Waals surface area contributed by atoms with Crippen LogP contribution in [0.1, 0.15) is 36.2 Å². The minimum Gasteiger partial charge on any atom is -0.375 e. The lowest BCUT2D eigenvalue weighted by Gasteiger charge is -2.36. The number of benzene rings is 2. The Hall–Kier alpha value is -3.31. The zero-order valence-corrected chi connectivity index (χ0v) is 23.4. The van der Waals surface area contributed by atoms with E-state index in [9.17, 15) is 4.79 Å². The van der Waals surface area contributed by atoms with Crippen LogP contribution in [0.3, 0.4) is 0 Å².